The fourth-order valence-corrected chi connectivity index (χ4v) is 3.43. The van der Waals surface area contributed by atoms with Crippen molar-refractivity contribution in [2.45, 2.75) is 32.1 Å². The standard InChI is InChI=1S/C21H26N2O3S/c1-3-16-10-12-18(13-11-16)22-21(25)23-19(20(24)26-4-2)15-27-14-17-8-6-5-7-9-17/h5-13,19H,3-4,14-15H2,1-2H3,(H2,22,23,25). The number of anilines is 1. The predicted octanol–water partition coefficient (Wildman–Crippen LogP) is 4.24. The molecular weight excluding hydrogens is 360 g/mol. The zero-order valence-electron chi connectivity index (χ0n) is 15.7. The van der Waals surface area contributed by atoms with Gasteiger partial charge >= 0.3 is 12.0 Å². The maximum atomic E-state index is 12.3. The Morgan fingerprint density at radius 2 is 1.70 bits per heavy atom. The van der Waals surface area contributed by atoms with Gasteiger partial charge in [0.15, 0.2) is 0 Å². The molecule has 5 nitrogen and oxygen atoms in total. The molecule has 27 heavy (non-hydrogen) atoms. The van der Waals surface area contributed by atoms with Crippen molar-refractivity contribution in [1.82, 2.24) is 5.32 Å². The third-order valence-electron chi connectivity index (χ3n) is 3.89. The van der Waals surface area contributed by atoms with Gasteiger partial charge in [-0.3, -0.25) is 0 Å². The Morgan fingerprint density at radius 1 is 1.00 bits per heavy atom. The molecule has 0 aromatic heterocycles. The van der Waals surface area contributed by atoms with Crippen LogP contribution in [0.2, 0.25) is 0 Å². The number of carbonyl (C=O) groups is 2. The lowest BCUT2D eigenvalue weighted by molar-refractivity contribution is -0.144. The normalized spacial score (nSPS) is 11.5. The van der Waals surface area contributed by atoms with Crippen molar-refractivity contribution in [3.05, 3.63) is 65.7 Å². The third-order valence-corrected chi connectivity index (χ3v) is 5.00. The van der Waals surface area contributed by atoms with Crippen LogP contribution in [0.5, 0.6) is 0 Å². The number of hydrogen-bond donors (Lipinski definition) is 2. The average molecular weight is 387 g/mol. The van der Waals surface area contributed by atoms with Crippen LogP contribution in [0.15, 0.2) is 54.6 Å². The van der Waals surface area contributed by atoms with E-state index >= 15 is 0 Å². The summed E-state index contributed by atoms with van der Waals surface area (Å²) in [5, 5.41) is 5.48. The van der Waals surface area contributed by atoms with E-state index in [1.165, 1.54) is 11.1 Å². The molecule has 0 saturated heterocycles. The van der Waals surface area contributed by atoms with Crippen molar-refractivity contribution < 1.29 is 14.3 Å². The maximum absolute atomic E-state index is 12.3. The summed E-state index contributed by atoms with van der Waals surface area (Å²) in [6.07, 6.45) is 0.941. The second-order valence-electron chi connectivity index (χ2n) is 5.95. The van der Waals surface area contributed by atoms with E-state index in [1.54, 1.807) is 18.7 Å². The average Bonchev–Trinajstić information content (AvgIpc) is 2.69. The molecule has 2 N–H and O–H groups in total. The van der Waals surface area contributed by atoms with Crippen LogP contribution in [0.4, 0.5) is 10.5 Å². The fourth-order valence-electron chi connectivity index (χ4n) is 2.43. The molecule has 0 saturated carbocycles. The van der Waals surface area contributed by atoms with Crippen LogP contribution in [0.25, 0.3) is 0 Å². The molecule has 0 aliphatic carbocycles. The first-order valence-electron chi connectivity index (χ1n) is 9.07. The van der Waals surface area contributed by atoms with Crippen LogP contribution >= 0.6 is 11.8 Å². The monoisotopic (exact) mass is 386 g/mol. The first-order chi connectivity index (χ1) is 13.1. The highest BCUT2D eigenvalue weighted by atomic mass is 32.2. The summed E-state index contributed by atoms with van der Waals surface area (Å²) in [4.78, 5) is 24.5. The number of urea groups is 1. The van der Waals surface area contributed by atoms with Crippen LogP contribution < -0.4 is 10.6 Å². The molecule has 0 bridgehead atoms. The Morgan fingerprint density at radius 3 is 2.33 bits per heavy atom. The number of carbonyl (C=O) groups excluding carboxylic acids is 2. The van der Waals surface area contributed by atoms with Crippen LogP contribution in [0, 0.1) is 0 Å². The Labute approximate surface area is 164 Å². The highest BCUT2D eigenvalue weighted by Gasteiger charge is 2.22. The molecule has 0 radical (unpaired) electrons. The molecule has 2 amide bonds. The van der Waals surface area contributed by atoms with Crippen LogP contribution in [-0.4, -0.2) is 30.4 Å². The van der Waals surface area contributed by atoms with E-state index in [0.29, 0.717) is 11.4 Å². The molecule has 2 aromatic carbocycles. The topological polar surface area (TPSA) is 67.4 Å². The molecule has 0 spiro atoms. The lowest BCUT2D eigenvalue weighted by Gasteiger charge is -2.17. The highest BCUT2D eigenvalue weighted by Crippen LogP contribution is 2.14. The van der Waals surface area contributed by atoms with Gasteiger partial charge in [-0.2, -0.15) is 11.8 Å². The van der Waals surface area contributed by atoms with Gasteiger partial charge in [-0.05, 0) is 36.6 Å². The number of thioether (sulfide) groups is 1. The molecule has 0 heterocycles. The molecule has 1 unspecified atom stereocenters. The number of aryl methyl sites for hydroxylation is 1. The van der Waals surface area contributed by atoms with E-state index in [-0.39, 0.29) is 6.61 Å². The van der Waals surface area contributed by atoms with Crippen LogP contribution in [0.1, 0.15) is 25.0 Å². The zero-order valence-corrected chi connectivity index (χ0v) is 16.6. The highest BCUT2D eigenvalue weighted by molar-refractivity contribution is 7.98. The summed E-state index contributed by atoms with van der Waals surface area (Å²) in [5.74, 6) is 0.781. The van der Waals surface area contributed by atoms with Gasteiger partial charge < -0.3 is 15.4 Å². The summed E-state index contributed by atoms with van der Waals surface area (Å²) >= 11 is 1.58. The minimum Gasteiger partial charge on any atom is -0.464 e. The van der Waals surface area contributed by atoms with E-state index < -0.39 is 18.0 Å². The van der Waals surface area contributed by atoms with Crippen molar-refractivity contribution in [2.24, 2.45) is 0 Å². The lowest BCUT2D eigenvalue weighted by atomic mass is 10.1. The number of benzene rings is 2. The molecule has 6 heteroatoms. The number of rotatable bonds is 9. The second-order valence-corrected chi connectivity index (χ2v) is 6.98. The second kappa shape index (κ2) is 11.3. The minimum atomic E-state index is -0.700. The third kappa shape index (κ3) is 7.35. The summed E-state index contributed by atoms with van der Waals surface area (Å²) in [6.45, 7) is 4.11. The largest absolute Gasteiger partial charge is 0.464 e. The number of hydrogen-bond acceptors (Lipinski definition) is 4. The molecule has 0 aliphatic heterocycles. The van der Waals surface area contributed by atoms with Crippen molar-refractivity contribution >= 4 is 29.4 Å². The van der Waals surface area contributed by atoms with Crippen molar-refractivity contribution in [2.75, 3.05) is 17.7 Å². The van der Waals surface area contributed by atoms with Crippen molar-refractivity contribution in [3.63, 3.8) is 0 Å². The summed E-state index contributed by atoms with van der Waals surface area (Å²) < 4.78 is 5.09. The van der Waals surface area contributed by atoms with Gasteiger partial charge in [0, 0.05) is 17.2 Å². The first-order valence-corrected chi connectivity index (χ1v) is 10.2. The Balaban J connectivity index is 1.89. The van der Waals surface area contributed by atoms with Gasteiger partial charge in [-0.15, -0.1) is 0 Å². The molecule has 0 fully saturated rings. The van der Waals surface area contributed by atoms with Gasteiger partial charge in [0.2, 0.25) is 0 Å². The van der Waals surface area contributed by atoms with Gasteiger partial charge in [0.25, 0.3) is 0 Å². The molecule has 144 valence electrons. The Bertz CT molecular complexity index is 720. The Kier molecular flexibility index (Phi) is 8.71. The lowest BCUT2D eigenvalue weighted by Crippen LogP contribution is -2.45. The van der Waals surface area contributed by atoms with E-state index in [1.807, 2.05) is 54.6 Å². The van der Waals surface area contributed by atoms with Crippen LogP contribution in [0.3, 0.4) is 0 Å². The minimum absolute atomic E-state index is 0.278. The fraction of sp³-hybridized carbons (Fsp3) is 0.333. The van der Waals surface area contributed by atoms with Gasteiger partial charge in [0.05, 0.1) is 6.61 Å². The van der Waals surface area contributed by atoms with E-state index in [0.717, 1.165) is 12.2 Å². The SMILES string of the molecule is CCOC(=O)C(CSCc1ccccc1)NC(=O)Nc1ccc(CC)cc1. The maximum Gasteiger partial charge on any atom is 0.329 e. The first kappa shape index (κ1) is 20.8. The van der Waals surface area contributed by atoms with Gasteiger partial charge in [-0.1, -0.05) is 49.4 Å². The molecular formula is C21H26N2O3S. The summed E-state index contributed by atoms with van der Waals surface area (Å²) in [5.41, 5.74) is 3.05. The van der Waals surface area contributed by atoms with E-state index in [9.17, 15) is 9.59 Å². The molecule has 1 atom stereocenters. The number of nitrogens with one attached hydrogen (secondary N) is 2. The molecule has 0 aliphatic rings. The molecule has 2 rings (SSSR count). The van der Waals surface area contributed by atoms with Crippen molar-refractivity contribution in [1.29, 1.82) is 0 Å². The van der Waals surface area contributed by atoms with Crippen LogP contribution in [-0.2, 0) is 21.7 Å². The number of ether oxygens (including phenoxy) is 1. The summed E-state index contributed by atoms with van der Waals surface area (Å²) in [6, 6.07) is 16.5. The molecule has 2 aromatic rings. The van der Waals surface area contributed by atoms with Gasteiger partial charge in [-0.25, -0.2) is 9.59 Å². The zero-order chi connectivity index (χ0) is 19.5. The Hall–Kier alpha value is -2.47. The number of esters is 1. The van der Waals surface area contributed by atoms with E-state index in [4.69, 9.17) is 4.74 Å². The number of amides is 2. The van der Waals surface area contributed by atoms with E-state index in [2.05, 4.69) is 17.6 Å². The smallest absolute Gasteiger partial charge is 0.329 e. The predicted molar refractivity (Wildman–Crippen MR) is 111 cm³/mol. The van der Waals surface area contributed by atoms with Gasteiger partial charge in [0.1, 0.15) is 6.04 Å². The summed E-state index contributed by atoms with van der Waals surface area (Å²) in [7, 11) is 0. The van der Waals surface area contributed by atoms with Crippen molar-refractivity contribution in [3.8, 4) is 0 Å². The quantitative estimate of drug-likeness (QED) is 0.633.